The number of carbonyl (C=O) groups is 1. The molecular weight excluding hydrogens is 324 g/mol. The summed E-state index contributed by atoms with van der Waals surface area (Å²) in [5.74, 6) is 1.27. The summed E-state index contributed by atoms with van der Waals surface area (Å²) in [5, 5.41) is 2.36. The molecule has 0 aliphatic carbocycles. The summed E-state index contributed by atoms with van der Waals surface area (Å²) in [4.78, 5) is 21.7. The predicted octanol–water partition coefficient (Wildman–Crippen LogP) is 2.72. The molecule has 1 heterocycles. The second kappa shape index (κ2) is 7.96. The molecule has 25 heavy (non-hydrogen) atoms. The third-order valence-corrected chi connectivity index (χ3v) is 3.48. The van der Waals surface area contributed by atoms with Crippen LogP contribution in [0.15, 0.2) is 59.9 Å². The topological polar surface area (TPSA) is 86.2 Å². The molecule has 128 valence electrons. The molecule has 1 aliphatic heterocycles. The number of nitroso groups, excluding NO2 is 1. The van der Waals surface area contributed by atoms with Gasteiger partial charge in [-0.3, -0.25) is 4.79 Å². The Kier molecular flexibility index (Phi) is 5.26. The van der Waals surface area contributed by atoms with Gasteiger partial charge in [0.15, 0.2) is 6.10 Å². The van der Waals surface area contributed by atoms with Crippen molar-refractivity contribution in [3.8, 4) is 17.2 Å². The lowest BCUT2D eigenvalue weighted by molar-refractivity contribution is -0.126. The molecule has 1 N–H and O–H groups in total. The fourth-order valence-electron chi connectivity index (χ4n) is 2.35. The van der Waals surface area contributed by atoms with Crippen LogP contribution in [0.5, 0.6) is 17.2 Å². The Morgan fingerprint density at radius 2 is 1.88 bits per heavy atom. The molecule has 0 fully saturated rings. The summed E-state index contributed by atoms with van der Waals surface area (Å²) in [6.45, 7) is 0.756. The maximum absolute atomic E-state index is 11.6. The first-order valence-corrected chi connectivity index (χ1v) is 7.68. The van der Waals surface area contributed by atoms with Crippen LogP contribution in [0, 0.1) is 4.91 Å². The molecule has 1 aliphatic rings. The minimum Gasteiger partial charge on any atom is -0.490 e. The van der Waals surface area contributed by atoms with E-state index in [1.165, 1.54) is 6.08 Å². The average Bonchev–Trinajstić information content (AvgIpc) is 2.66. The lowest BCUT2D eigenvalue weighted by Crippen LogP contribution is -2.35. The standard InChI is InChI=1S/C18H16N2O5/c21-18(19-20-22)17-10-9-14-15(7-4-8-16(14)25-17)24-12-11-23-13-5-2-1-3-6-13/h1-10,17H,11-12H2,(H,19,21,22). The number of nitrogens with one attached hydrogen (secondary N) is 1. The van der Waals surface area contributed by atoms with E-state index in [4.69, 9.17) is 14.2 Å². The summed E-state index contributed by atoms with van der Waals surface area (Å²) >= 11 is 0. The van der Waals surface area contributed by atoms with Crippen molar-refractivity contribution in [3.05, 3.63) is 65.1 Å². The monoisotopic (exact) mass is 340 g/mol. The molecule has 2 aromatic carbocycles. The molecule has 0 saturated heterocycles. The molecule has 3 rings (SSSR count). The average molecular weight is 340 g/mol. The highest BCUT2D eigenvalue weighted by atomic mass is 16.5. The van der Waals surface area contributed by atoms with Gasteiger partial charge in [-0.1, -0.05) is 24.3 Å². The van der Waals surface area contributed by atoms with E-state index in [-0.39, 0.29) is 0 Å². The Morgan fingerprint density at radius 1 is 1.08 bits per heavy atom. The second-order valence-electron chi connectivity index (χ2n) is 5.14. The summed E-state index contributed by atoms with van der Waals surface area (Å²) < 4.78 is 16.9. The molecule has 1 unspecified atom stereocenters. The Labute approximate surface area is 144 Å². The molecule has 0 spiro atoms. The van der Waals surface area contributed by atoms with Crippen molar-refractivity contribution < 1.29 is 19.0 Å². The summed E-state index contributed by atoms with van der Waals surface area (Å²) in [5.41, 5.74) is 2.55. The van der Waals surface area contributed by atoms with Gasteiger partial charge >= 0.3 is 0 Å². The van der Waals surface area contributed by atoms with E-state index in [9.17, 15) is 9.70 Å². The molecule has 7 heteroatoms. The van der Waals surface area contributed by atoms with Crippen molar-refractivity contribution in [3.63, 3.8) is 0 Å². The van der Waals surface area contributed by atoms with Gasteiger partial charge in [-0.25, -0.2) is 5.43 Å². The summed E-state index contributed by atoms with van der Waals surface area (Å²) in [7, 11) is 0. The molecule has 0 bridgehead atoms. The van der Waals surface area contributed by atoms with Crippen LogP contribution in [-0.2, 0) is 4.79 Å². The molecule has 1 amide bonds. The van der Waals surface area contributed by atoms with Crippen LogP contribution < -0.4 is 19.6 Å². The quantitative estimate of drug-likeness (QED) is 0.476. The Bertz CT molecular complexity index is 776. The molecule has 2 aromatic rings. The number of amides is 1. The summed E-state index contributed by atoms with van der Waals surface area (Å²) in [6, 6.07) is 14.8. The largest absolute Gasteiger partial charge is 0.490 e. The smallest absolute Gasteiger partial charge is 0.287 e. The highest BCUT2D eigenvalue weighted by molar-refractivity contribution is 5.85. The molecule has 0 aromatic heterocycles. The normalized spacial score (nSPS) is 14.8. The van der Waals surface area contributed by atoms with Crippen molar-refractivity contribution in [1.82, 2.24) is 5.43 Å². The van der Waals surface area contributed by atoms with Gasteiger partial charge in [-0.2, -0.15) is 0 Å². The first-order chi connectivity index (χ1) is 12.3. The van der Waals surface area contributed by atoms with Gasteiger partial charge in [-0.05, 0) is 36.4 Å². The fraction of sp³-hybridized carbons (Fsp3) is 0.167. The van der Waals surface area contributed by atoms with Gasteiger partial charge in [-0.15, -0.1) is 4.91 Å². The Balaban J connectivity index is 1.59. The Hall–Kier alpha value is -3.35. The van der Waals surface area contributed by atoms with E-state index in [2.05, 4.69) is 5.29 Å². The molecular formula is C18H16N2O5. The lowest BCUT2D eigenvalue weighted by atomic mass is 10.1. The maximum atomic E-state index is 11.6. The second-order valence-corrected chi connectivity index (χ2v) is 5.14. The van der Waals surface area contributed by atoms with Gasteiger partial charge in [0.2, 0.25) is 0 Å². The van der Waals surface area contributed by atoms with E-state index < -0.39 is 12.0 Å². The number of ether oxygens (including phenoxy) is 3. The zero-order valence-electron chi connectivity index (χ0n) is 13.3. The SMILES string of the molecule is O=NNC(=O)C1C=Cc2c(OCCOc3ccccc3)cccc2O1. The van der Waals surface area contributed by atoms with Crippen LogP contribution in [0.25, 0.3) is 6.08 Å². The third-order valence-electron chi connectivity index (χ3n) is 3.48. The molecule has 7 nitrogen and oxygen atoms in total. The number of hydrogen-bond acceptors (Lipinski definition) is 6. The maximum Gasteiger partial charge on any atom is 0.287 e. The van der Waals surface area contributed by atoms with E-state index in [1.807, 2.05) is 41.8 Å². The predicted molar refractivity (Wildman–Crippen MR) is 91.3 cm³/mol. The fourth-order valence-corrected chi connectivity index (χ4v) is 2.35. The number of fused-ring (bicyclic) bond motifs is 1. The highest BCUT2D eigenvalue weighted by Crippen LogP contribution is 2.33. The lowest BCUT2D eigenvalue weighted by Gasteiger charge is -2.21. The summed E-state index contributed by atoms with van der Waals surface area (Å²) in [6.07, 6.45) is 2.36. The van der Waals surface area contributed by atoms with Crippen LogP contribution in [0.3, 0.4) is 0 Å². The zero-order chi connectivity index (χ0) is 17.5. The van der Waals surface area contributed by atoms with Crippen LogP contribution >= 0.6 is 0 Å². The van der Waals surface area contributed by atoms with Gasteiger partial charge in [0.05, 0.1) is 10.8 Å². The van der Waals surface area contributed by atoms with Crippen molar-refractivity contribution in [2.75, 3.05) is 13.2 Å². The molecule has 0 saturated carbocycles. The van der Waals surface area contributed by atoms with Crippen molar-refractivity contribution in [1.29, 1.82) is 0 Å². The first-order valence-electron chi connectivity index (χ1n) is 7.68. The van der Waals surface area contributed by atoms with Crippen LogP contribution in [0.1, 0.15) is 5.56 Å². The van der Waals surface area contributed by atoms with Gasteiger partial charge in [0.1, 0.15) is 30.5 Å². The minimum absolute atomic E-state index is 0.359. The number of rotatable bonds is 7. The first kappa shape index (κ1) is 16.5. The third kappa shape index (κ3) is 4.14. The van der Waals surface area contributed by atoms with E-state index in [0.717, 1.165) is 11.3 Å². The number of nitrogens with zero attached hydrogens (tertiary/aromatic N) is 1. The van der Waals surface area contributed by atoms with Gasteiger partial charge in [0.25, 0.3) is 5.91 Å². The van der Waals surface area contributed by atoms with Crippen LogP contribution in [-0.4, -0.2) is 25.2 Å². The minimum atomic E-state index is -0.901. The zero-order valence-corrected chi connectivity index (χ0v) is 13.3. The van der Waals surface area contributed by atoms with E-state index in [1.54, 1.807) is 18.2 Å². The number of benzene rings is 2. The number of para-hydroxylation sites is 1. The van der Waals surface area contributed by atoms with E-state index in [0.29, 0.717) is 24.7 Å². The number of hydrogen-bond donors (Lipinski definition) is 1. The molecule has 0 radical (unpaired) electrons. The van der Waals surface area contributed by atoms with Gasteiger partial charge in [0, 0.05) is 0 Å². The van der Waals surface area contributed by atoms with Gasteiger partial charge < -0.3 is 14.2 Å². The Morgan fingerprint density at radius 3 is 2.68 bits per heavy atom. The van der Waals surface area contributed by atoms with Crippen LogP contribution in [0.2, 0.25) is 0 Å². The van der Waals surface area contributed by atoms with Crippen molar-refractivity contribution in [2.45, 2.75) is 6.10 Å². The molecule has 1 atom stereocenters. The van der Waals surface area contributed by atoms with Crippen LogP contribution in [0.4, 0.5) is 0 Å². The van der Waals surface area contributed by atoms with Crippen molar-refractivity contribution in [2.24, 2.45) is 5.29 Å². The number of carbonyl (C=O) groups excluding carboxylic acids is 1. The van der Waals surface area contributed by atoms with E-state index >= 15 is 0 Å². The van der Waals surface area contributed by atoms with Crippen molar-refractivity contribution >= 4 is 12.0 Å². The highest BCUT2D eigenvalue weighted by Gasteiger charge is 2.23.